The van der Waals surface area contributed by atoms with Gasteiger partial charge in [0, 0.05) is 90.0 Å². The average molecular weight is 815 g/mol. The molecule has 6 aliphatic rings. The highest BCUT2D eigenvalue weighted by Crippen LogP contribution is 2.51. The van der Waals surface area contributed by atoms with Gasteiger partial charge in [-0.1, -0.05) is 35.3 Å². The quantitative estimate of drug-likeness (QED) is 0.151. The summed E-state index contributed by atoms with van der Waals surface area (Å²) < 4.78 is 52.7. The monoisotopic (exact) mass is 813 g/mol. The molecule has 0 unspecified atom stereocenters. The molecule has 2 saturated carbocycles. The Hall–Kier alpha value is -4.57. The Bertz CT molecular complexity index is 2480. The van der Waals surface area contributed by atoms with Gasteiger partial charge in [-0.05, 0) is 68.4 Å². The Kier molecular flexibility index (Phi) is 9.07. The number of pyridine rings is 2. The number of aromatic nitrogens is 3. The Morgan fingerprint density at radius 2 is 1.93 bits per heavy atom. The molecule has 14 heteroatoms. The summed E-state index contributed by atoms with van der Waals surface area (Å²) in [7, 11) is 0. The van der Waals surface area contributed by atoms with Crippen molar-refractivity contribution in [3.63, 3.8) is 0 Å². The molecule has 57 heavy (non-hydrogen) atoms. The first kappa shape index (κ1) is 36.7. The van der Waals surface area contributed by atoms with E-state index in [-0.39, 0.29) is 66.1 Å². The number of halogens is 5. The maximum Gasteiger partial charge on any atom is 0.244 e. The van der Waals surface area contributed by atoms with E-state index in [0.29, 0.717) is 69.7 Å². The molecule has 1 N–H and O–H groups in total. The number of anilines is 1. The number of aryl methyl sites for hydroxylation is 2. The van der Waals surface area contributed by atoms with E-state index < -0.39 is 18.2 Å². The molecule has 5 atom stereocenters. The Morgan fingerprint density at radius 3 is 2.65 bits per heavy atom. The number of nitriles is 1. The van der Waals surface area contributed by atoms with Crippen molar-refractivity contribution in [2.75, 3.05) is 31.1 Å². The van der Waals surface area contributed by atoms with Crippen molar-refractivity contribution in [1.82, 2.24) is 24.8 Å². The molecule has 0 spiro atoms. The number of rotatable bonds is 10. The molecule has 2 bridgehead atoms. The van der Waals surface area contributed by atoms with Gasteiger partial charge in [-0.15, -0.1) is 0 Å². The summed E-state index contributed by atoms with van der Waals surface area (Å²) in [5.41, 5.74) is 4.10. The van der Waals surface area contributed by atoms with Gasteiger partial charge in [0.05, 0.1) is 46.2 Å². The number of benzene rings is 2. The normalized spacial score (nSPS) is 24.4. The van der Waals surface area contributed by atoms with E-state index in [1.807, 2.05) is 22.8 Å². The molecule has 11 rings (SSSR count). The molecule has 2 aromatic carbocycles. The van der Waals surface area contributed by atoms with Crippen LogP contribution in [0.2, 0.25) is 10.0 Å². The van der Waals surface area contributed by atoms with E-state index in [9.17, 15) is 18.8 Å². The highest BCUT2D eigenvalue weighted by atomic mass is 35.5. The molecule has 3 aromatic heterocycles. The Balaban J connectivity index is 1.10. The molecule has 7 heterocycles. The van der Waals surface area contributed by atoms with Crippen LogP contribution in [-0.2, 0) is 11.2 Å². The summed E-state index contributed by atoms with van der Waals surface area (Å²) in [5, 5.41) is 15.4. The van der Waals surface area contributed by atoms with Crippen LogP contribution in [0.15, 0.2) is 48.7 Å². The molecule has 5 aromatic rings. The average Bonchev–Trinajstić information content (AvgIpc) is 3.45. The van der Waals surface area contributed by atoms with Gasteiger partial charge < -0.3 is 24.4 Å². The molecule has 9 nitrogen and oxygen atoms in total. The molecule has 294 valence electrons. The Morgan fingerprint density at radius 1 is 1.11 bits per heavy atom. The summed E-state index contributed by atoms with van der Waals surface area (Å²) >= 11 is 13.1. The van der Waals surface area contributed by atoms with Crippen LogP contribution < -0.4 is 15.0 Å². The van der Waals surface area contributed by atoms with Crippen LogP contribution in [0.3, 0.4) is 0 Å². The van der Waals surface area contributed by atoms with Crippen molar-refractivity contribution in [2.45, 2.75) is 76.1 Å². The highest BCUT2D eigenvalue weighted by molar-refractivity contribution is 6.43. The summed E-state index contributed by atoms with van der Waals surface area (Å²) in [6, 6.07) is 15.0. The van der Waals surface area contributed by atoms with Crippen LogP contribution in [0, 0.1) is 41.8 Å². The van der Waals surface area contributed by atoms with E-state index in [1.165, 1.54) is 0 Å². The van der Waals surface area contributed by atoms with Gasteiger partial charge in [0.1, 0.15) is 23.2 Å². The van der Waals surface area contributed by atoms with E-state index in [0.717, 1.165) is 42.4 Å². The fraction of sp³-hybridized carbons (Fsp3) is 0.442. The van der Waals surface area contributed by atoms with Gasteiger partial charge >= 0.3 is 0 Å². The van der Waals surface area contributed by atoms with Crippen molar-refractivity contribution in [3.8, 4) is 22.9 Å². The SMILES string of the molecule is Cc1nc2c(F)c(-c3cccc(Cl)c3Cl)c(CCC#N)cc2c2c1cc([C@H]1C[C@H](Oc3ccnc(N4CC(C(F)F)C4)c3)CN1C(=O)C1CC1)n2[C@H]1[C@H]2CN[C@@H]1C2. The summed E-state index contributed by atoms with van der Waals surface area (Å²) in [6.07, 6.45) is 2.69. The van der Waals surface area contributed by atoms with E-state index >= 15 is 4.39 Å². The number of amides is 1. The topological polar surface area (TPSA) is 99.3 Å². The Labute approximate surface area is 337 Å². The summed E-state index contributed by atoms with van der Waals surface area (Å²) in [5.74, 6) is 0.441. The third-order valence-corrected chi connectivity index (χ3v) is 13.7. The van der Waals surface area contributed by atoms with Gasteiger partial charge in [0.2, 0.25) is 12.3 Å². The first-order valence-corrected chi connectivity index (χ1v) is 20.5. The predicted octanol–water partition coefficient (Wildman–Crippen LogP) is 8.83. The number of alkyl halides is 2. The fourth-order valence-corrected chi connectivity index (χ4v) is 10.2. The number of nitrogens with one attached hydrogen (secondary N) is 1. The van der Waals surface area contributed by atoms with Crippen LogP contribution in [0.4, 0.5) is 19.0 Å². The maximum atomic E-state index is 17.3. The largest absolute Gasteiger partial charge is 0.488 e. The fourth-order valence-electron chi connectivity index (χ4n) is 9.77. The van der Waals surface area contributed by atoms with Gasteiger partial charge in [-0.3, -0.25) is 4.79 Å². The number of hydrogen-bond acceptors (Lipinski definition) is 7. The third kappa shape index (κ3) is 6.11. The number of hydrogen-bond donors (Lipinski definition) is 1. The molecular formula is C43H40Cl2F3N7O2. The number of carbonyl (C=O) groups excluding carboxylic acids is 1. The molecule has 4 aliphatic heterocycles. The van der Waals surface area contributed by atoms with Crippen molar-refractivity contribution < 1.29 is 22.7 Å². The van der Waals surface area contributed by atoms with Crippen LogP contribution in [0.1, 0.15) is 61.1 Å². The van der Waals surface area contributed by atoms with Gasteiger partial charge in [-0.2, -0.15) is 5.26 Å². The van der Waals surface area contributed by atoms with Crippen LogP contribution in [-0.4, -0.2) is 70.1 Å². The van der Waals surface area contributed by atoms with Crippen LogP contribution in [0.25, 0.3) is 32.9 Å². The third-order valence-electron chi connectivity index (χ3n) is 12.9. The summed E-state index contributed by atoms with van der Waals surface area (Å²) in [4.78, 5) is 27.3. The first-order valence-electron chi connectivity index (χ1n) is 19.8. The highest BCUT2D eigenvalue weighted by Gasteiger charge is 2.51. The van der Waals surface area contributed by atoms with E-state index in [1.54, 1.807) is 36.5 Å². The molecular weight excluding hydrogens is 774 g/mol. The lowest BCUT2D eigenvalue weighted by Crippen LogP contribution is -2.50. The second-order valence-electron chi connectivity index (χ2n) is 16.4. The minimum Gasteiger partial charge on any atom is -0.488 e. The van der Waals surface area contributed by atoms with Gasteiger partial charge in [0.25, 0.3) is 0 Å². The first-order chi connectivity index (χ1) is 27.6. The van der Waals surface area contributed by atoms with Crippen molar-refractivity contribution in [1.29, 1.82) is 5.26 Å². The maximum absolute atomic E-state index is 17.3. The van der Waals surface area contributed by atoms with Crippen LogP contribution >= 0.6 is 23.2 Å². The van der Waals surface area contributed by atoms with E-state index in [2.05, 4.69) is 27.0 Å². The molecule has 0 radical (unpaired) electrons. The van der Waals surface area contributed by atoms with Crippen LogP contribution in [0.5, 0.6) is 5.75 Å². The number of fused-ring (bicyclic) bond motifs is 4. The lowest BCUT2D eigenvalue weighted by atomic mass is 9.79. The van der Waals surface area contributed by atoms with Crippen molar-refractivity contribution in [3.05, 3.63) is 81.5 Å². The lowest BCUT2D eigenvalue weighted by molar-refractivity contribution is -0.133. The number of ether oxygens (including phenoxy) is 1. The zero-order chi connectivity index (χ0) is 39.3. The lowest BCUT2D eigenvalue weighted by Gasteiger charge is -2.39. The minimum absolute atomic E-state index is 0.0230. The van der Waals surface area contributed by atoms with Gasteiger partial charge in [-0.25, -0.2) is 23.1 Å². The standard InChI is InChI=1S/C43H40Cl2F3N7O2/c1-21-29-16-34(33-14-27(20-54(33)43(56)22-7-8-22)57-26-9-11-50-35(15-26)53-18-25(19-53)42(47)48)55(40-24-13-32(40)51-17-24)41(29)30-12-23(4-3-10-49)36(38(46)39(30)52-21)28-5-2-6-31(44)37(28)45/h2,5-6,9,11-12,15-16,22,24-25,27,32-33,40,42,51H,3-4,7-8,13-14,17-20H2,1H3/t24-,27+,32-,33-,40+/m1/s1. The van der Waals surface area contributed by atoms with Crippen molar-refractivity contribution in [2.24, 2.45) is 17.8 Å². The smallest absolute Gasteiger partial charge is 0.244 e. The van der Waals surface area contributed by atoms with E-state index in [4.69, 9.17) is 32.9 Å². The van der Waals surface area contributed by atoms with Gasteiger partial charge in [0.15, 0.2) is 5.82 Å². The molecule has 1 amide bonds. The molecule has 6 fully saturated rings. The molecule has 2 aliphatic carbocycles. The zero-order valence-electron chi connectivity index (χ0n) is 31.2. The predicted molar refractivity (Wildman–Crippen MR) is 212 cm³/mol. The zero-order valence-corrected chi connectivity index (χ0v) is 32.7. The second-order valence-corrected chi connectivity index (χ2v) is 17.2. The number of carbonyl (C=O) groups is 1. The van der Waals surface area contributed by atoms with Crippen molar-refractivity contribution >= 4 is 56.7 Å². The summed E-state index contributed by atoms with van der Waals surface area (Å²) in [6.45, 7) is 3.65. The molecule has 4 saturated heterocycles. The second kappa shape index (κ2) is 14.1. The minimum atomic E-state index is -2.36. The number of likely N-dealkylation sites (tertiary alicyclic amines) is 1. The number of nitrogens with zero attached hydrogens (tertiary/aromatic N) is 6.